The third kappa shape index (κ3) is 2.88. The average Bonchev–Trinajstić information content (AvgIpc) is 3.05. The molecule has 3 aromatic rings. The summed E-state index contributed by atoms with van der Waals surface area (Å²) >= 11 is 11.4. The van der Waals surface area contributed by atoms with Crippen LogP contribution in [0.3, 0.4) is 0 Å². The lowest BCUT2D eigenvalue weighted by Gasteiger charge is -2.15. The lowest BCUT2D eigenvalue weighted by molar-refractivity contribution is 0.613. The van der Waals surface area contributed by atoms with Crippen LogP contribution in [-0.2, 0) is 0 Å². The summed E-state index contributed by atoms with van der Waals surface area (Å²) in [4.78, 5) is 2.68. The standard InChI is InChI=1S/C14H14ClNS3/c1-2-6-16-14(10-3-4-13(15)19-10)12-8-11-9(18-12)5-7-17-11/h3-5,7-8,14,16H,2,6H2,1H3. The van der Waals surface area contributed by atoms with Crippen LogP contribution in [0.2, 0.25) is 4.34 Å². The maximum Gasteiger partial charge on any atom is 0.0931 e. The molecule has 100 valence electrons. The molecule has 3 aromatic heterocycles. The van der Waals surface area contributed by atoms with E-state index >= 15 is 0 Å². The monoisotopic (exact) mass is 327 g/mol. The van der Waals surface area contributed by atoms with Gasteiger partial charge in [0.1, 0.15) is 0 Å². The van der Waals surface area contributed by atoms with Gasteiger partial charge in [-0.15, -0.1) is 34.0 Å². The molecular weight excluding hydrogens is 314 g/mol. The van der Waals surface area contributed by atoms with Crippen molar-refractivity contribution in [3.8, 4) is 0 Å². The predicted molar refractivity (Wildman–Crippen MR) is 89.2 cm³/mol. The summed E-state index contributed by atoms with van der Waals surface area (Å²) in [5, 5.41) is 5.79. The van der Waals surface area contributed by atoms with Crippen molar-refractivity contribution < 1.29 is 0 Å². The first-order valence-electron chi connectivity index (χ1n) is 6.23. The maximum absolute atomic E-state index is 6.08. The van der Waals surface area contributed by atoms with Gasteiger partial charge in [0.2, 0.25) is 0 Å². The molecule has 0 radical (unpaired) electrons. The molecule has 0 bridgehead atoms. The summed E-state index contributed by atoms with van der Waals surface area (Å²) < 4.78 is 3.62. The molecule has 0 saturated heterocycles. The molecule has 1 unspecified atom stereocenters. The Labute approximate surface area is 129 Å². The van der Waals surface area contributed by atoms with Gasteiger partial charge in [0, 0.05) is 19.2 Å². The Balaban J connectivity index is 1.96. The highest BCUT2D eigenvalue weighted by molar-refractivity contribution is 7.27. The highest BCUT2D eigenvalue weighted by Gasteiger charge is 2.18. The van der Waals surface area contributed by atoms with Gasteiger partial charge in [-0.1, -0.05) is 18.5 Å². The van der Waals surface area contributed by atoms with E-state index in [1.165, 1.54) is 19.2 Å². The molecule has 0 aromatic carbocycles. The number of fused-ring (bicyclic) bond motifs is 1. The first-order valence-corrected chi connectivity index (χ1v) is 9.12. The normalized spacial score (nSPS) is 13.2. The van der Waals surface area contributed by atoms with Gasteiger partial charge in [-0.3, -0.25) is 0 Å². The number of rotatable bonds is 5. The van der Waals surface area contributed by atoms with Crippen molar-refractivity contribution in [2.24, 2.45) is 0 Å². The highest BCUT2D eigenvalue weighted by atomic mass is 35.5. The van der Waals surface area contributed by atoms with Crippen molar-refractivity contribution in [3.05, 3.63) is 43.7 Å². The molecule has 0 aliphatic heterocycles. The lowest BCUT2D eigenvalue weighted by Crippen LogP contribution is -2.21. The second kappa shape index (κ2) is 5.94. The van der Waals surface area contributed by atoms with E-state index in [1.807, 2.05) is 28.7 Å². The van der Waals surface area contributed by atoms with Crippen LogP contribution in [0.25, 0.3) is 9.40 Å². The number of halogens is 1. The van der Waals surface area contributed by atoms with Gasteiger partial charge in [0.25, 0.3) is 0 Å². The molecule has 5 heteroatoms. The minimum atomic E-state index is 0.280. The summed E-state index contributed by atoms with van der Waals surface area (Å²) in [5.41, 5.74) is 0. The number of nitrogens with one attached hydrogen (secondary N) is 1. The van der Waals surface area contributed by atoms with E-state index < -0.39 is 0 Å². The molecular formula is C14H14ClNS3. The molecule has 0 aliphatic carbocycles. The van der Waals surface area contributed by atoms with Gasteiger partial charge in [-0.2, -0.15) is 0 Å². The second-order valence-corrected chi connectivity index (χ2v) is 8.14. The minimum absolute atomic E-state index is 0.280. The summed E-state index contributed by atoms with van der Waals surface area (Å²) in [7, 11) is 0. The zero-order valence-electron chi connectivity index (χ0n) is 10.5. The number of hydrogen-bond acceptors (Lipinski definition) is 4. The van der Waals surface area contributed by atoms with E-state index in [1.54, 1.807) is 11.3 Å². The SMILES string of the molecule is CCCNC(c1ccc(Cl)s1)c1cc2sccc2s1. The van der Waals surface area contributed by atoms with Gasteiger partial charge in [0.05, 0.1) is 10.4 Å². The van der Waals surface area contributed by atoms with E-state index in [2.05, 4.69) is 35.8 Å². The number of thiophene rings is 3. The van der Waals surface area contributed by atoms with Crippen molar-refractivity contribution >= 4 is 55.0 Å². The molecule has 1 nitrogen and oxygen atoms in total. The van der Waals surface area contributed by atoms with Gasteiger partial charge >= 0.3 is 0 Å². The van der Waals surface area contributed by atoms with Crippen LogP contribution < -0.4 is 5.32 Å². The summed E-state index contributed by atoms with van der Waals surface area (Å²) in [6, 6.07) is 8.91. The average molecular weight is 328 g/mol. The fourth-order valence-electron chi connectivity index (χ4n) is 2.04. The van der Waals surface area contributed by atoms with Crippen LogP contribution in [0.1, 0.15) is 29.1 Å². The number of hydrogen-bond donors (Lipinski definition) is 1. The Kier molecular flexibility index (Phi) is 4.24. The smallest absolute Gasteiger partial charge is 0.0931 e. The van der Waals surface area contributed by atoms with E-state index in [0.717, 1.165) is 17.3 Å². The van der Waals surface area contributed by atoms with E-state index in [0.29, 0.717) is 0 Å². The van der Waals surface area contributed by atoms with Crippen molar-refractivity contribution in [1.29, 1.82) is 0 Å². The van der Waals surface area contributed by atoms with Crippen molar-refractivity contribution in [2.75, 3.05) is 6.54 Å². The molecule has 1 atom stereocenters. The molecule has 3 rings (SSSR count). The quantitative estimate of drug-likeness (QED) is 0.627. The highest BCUT2D eigenvalue weighted by Crippen LogP contribution is 2.38. The Morgan fingerprint density at radius 2 is 2.05 bits per heavy atom. The Morgan fingerprint density at radius 1 is 1.16 bits per heavy atom. The van der Waals surface area contributed by atoms with Crippen molar-refractivity contribution in [3.63, 3.8) is 0 Å². The molecule has 0 amide bonds. The summed E-state index contributed by atoms with van der Waals surface area (Å²) in [6.07, 6.45) is 1.13. The summed E-state index contributed by atoms with van der Waals surface area (Å²) in [5.74, 6) is 0. The first kappa shape index (κ1) is 13.6. The lowest BCUT2D eigenvalue weighted by atomic mass is 10.2. The fourth-order valence-corrected chi connectivity index (χ4v) is 5.49. The molecule has 0 aliphatic rings. The molecule has 0 saturated carbocycles. The van der Waals surface area contributed by atoms with Crippen LogP contribution in [0.15, 0.2) is 29.6 Å². The van der Waals surface area contributed by atoms with Gasteiger partial charge in [0.15, 0.2) is 0 Å². The maximum atomic E-state index is 6.08. The van der Waals surface area contributed by atoms with E-state index in [9.17, 15) is 0 Å². The van der Waals surface area contributed by atoms with Gasteiger partial charge in [-0.25, -0.2) is 0 Å². The molecule has 0 fully saturated rings. The van der Waals surface area contributed by atoms with Crippen molar-refractivity contribution in [2.45, 2.75) is 19.4 Å². The first-order chi connectivity index (χ1) is 9.28. The molecule has 19 heavy (non-hydrogen) atoms. The molecule has 1 N–H and O–H groups in total. The Morgan fingerprint density at radius 3 is 2.74 bits per heavy atom. The van der Waals surface area contributed by atoms with Crippen LogP contribution in [-0.4, -0.2) is 6.54 Å². The molecule has 3 heterocycles. The molecule has 0 spiro atoms. The fraction of sp³-hybridized carbons (Fsp3) is 0.286. The van der Waals surface area contributed by atoms with Gasteiger partial charge in [-0.05, 0) is 42.6 Å². The van der Waals surface area contributed by atoms with E-state index in [-0.39, 0.29) is 6.04 Å². The van der Waals surface area contributed by atoms with Crippen LogP contribution in [0.5, 0.6) is 0 Å². The second-order valence-electron chi connectivity index (χ2n) is 4.33. The minimum Gasteiger partial charge on any atom is -0.305 e. The zero-order chi connectivity index (χ0) is 13.2. The Bertz CT molecular complexity index is 638. The Hall–Kier alpha value is -0.390. The van der Waals surface area contributed by atoms with Crippen LogP contribution in [0, 0.1) is 0 Å². The van der Waals surface area contributed by atoms with Crippen LogP contribution >= 0.6 is 45.6 Å². The zero-order valence-corrected chi connectivity index (χ0v) is 13.7. The van der Waals surface area contributed by atoms with Crippen LogP contribution in [0.4, 0.5) is 0 Å². The third-order valence-corrected chi connectivity index (χ3v) is 6.37. The third-order valence-electron chi connectivity index (χ3n) is 2.92. The topological polar surface area (TPSA) is 12.0 Å². The van der Waals surface area contributed by atoms with Gasteiger partial charge < -0.3 is 5.32 Å². The van der Waals surface area contributed by atoms with E-state index in [4.69, 9.17) is 11.6 Å². The summed E-state index contributed by atoms with van der Waals surface area (Å²) in [6.45, 7) is 3.21. The largest absolute Gasteiger partial charge is 0.305 e. The predicted octanol–water partition coefficient (Wildman–Crippen LogP) is 5.77. The van der Waals surface area contributed by atoms with Crippen molar-refractivity contribution in [1.82, 2.24) is 5.32 Å².